The third kappa shape index (κ3) is 3.36. The predicted octanol–water partition coefficient (Wildman–Crippen LogP) is 5.41. The molecule has 0 spiro atoms. The van der Waals surface area contributed by atoms with E-state index in [2.05, 4.69) is 27.7 Å². The standard InChI is InChI=1S/C23H38O3/c1-6-15-11-17(19(12-15)14(4)24)9-10-18-13-16(7-2)20-21(18)23(5,8-3)26-22(20)25/h15-21H,6-13H2,1-5H3. The molecule has 3 nitrogen and oxygen atoms in total. The van der Waals surface area contributed by atoms with Gasteiger partial charge in [-0.05, 0) is 76.0 Å². The van der Waals surface area contributed by atoms with Crippen molar-refractivity contribution < 1.29 is 14.3 Å². The number of ketones is 1. The number of esters is 1. The van der Waals surface area contributed by atoms with Gasteiger partial charge in [0.1, 0.15) is 11.4 Å². The van der Waals surface area contributed by atoms with E-state index >= 15 is 0 Å². The van der Waals surface area contributed by atoms with Crippen LogP contribution in [0.5, 0.6) is 0 Å². The van der Waals surface area contributed by atoms with E-state index in [-0.39, 0.29) is 23.4 Å². The summed E-state index contributed by atoms with van der Waals surface area (Å²) in [5.74, 6) is 3.57. The van der Waals surface area contributed by atoms with Gasteiger partial charge in [0, 0.05) is 11.8 Å². The number of carbonyl (C=O) groups is 2. The quantitative estimate of drug-likeness (QED) is 0.569. The first-order valence-corrected chi connectivity index (χ1v) is 11.1. The maximum atomic E-state index is 12.6. The normalized spacial score (nSPS) is 45.0. The molecule has 26 heavy (non-hydrogen) atoms. The molecule has 0 N–H and O–H groups in total. The molecule has 3 aliphatic rings. The molecule has 2 aliphatic carbocycles. The van der Waals surface area contributed by atoms with E-state index in [0.717, 1.165) is 38.0 Å². The van der Waals surface area contributed by atoms with Gasteiger partial charge >= 0.3 is 5.97 Å². The monoisotopic (exact) mass is 362 g/mol. The Morgan fingerprint density at radius 1 is 1.04 bits per heavy atom. The van der Waals surface area contributed by atoms with Crippen LogP contribution in [0.2, 0.25) is 0 Å². The zero-order chi connectivity index (χ0) is 19.1. The molecule has 8 atom stereocenters. The molecule has 0 aromatic carbocycles. The predicted molar refractivity (Wildman–Crippen MR) is 104 cm³/mol. The Kier molecular flexibility index (Phi) is 5.84. The molecule has 0 radical (unpaired) electrons. The fourth-order valence-corrected chi connectivity index (χ4v) is 6.70. The van der Waals surface area contributed by atoms with Crippen molar-refractivity contribution in [3.63, 3.8) is 0 Å². The second-order valence-corrected chi connectivity index (χ2v) is 9.60. The summed E-state index contributed by atoms with van der Waals surface area (Å²) >= 11 is 0. The van der Waals surface area contributed by atoms with Crippen LogP contribution < -0.4 is 0 Å². The summed E-state index contributed by atoms with van der Waals surface area (Å²) in [5, 5.41) is 0. The van der Waals surface area contributed by atoms with Crippen LogP contribution in [0.4, 0.5) is 0 Å². The van der Waals surface area contributed by atoms with Gasteiger partial charge in [-0.3, -0.25) is 9.59 Å². The first-order valence-electron chi connectivity index (χ1n) is 11.1. The van der Waals surface area contributed by atoms with Gasteiger partial charge in [-0.15, -0.1) is 0 Å². The van der Waals surface area contributed by atoms with Crippen molar-refractivity contribution >= 4 is 11.8 Å². The van der Waals surface area contributed by atoms with E-state index < -0.39 is 0 Å². The fraction of sp³-hybridized carbons (Fsp3) is 0.913. The van der Waals surface area contributed by atoms with E-state index in [1.807, 2.05) is 0 Å². The minimum Gasteiger partial charge on any atom is -0.459 e. The Bertz CT molecular complexity index is 542. The number of hydrogen-bond donors (Lipinski definition) is 0. The number of Topliss-reactive ketones (excluding diaryl/α,β-unsaturated/α-hetero) is 1. The SMILES string of the molecule is CCC1CC(CCC2CC(CC)C3C(=O)OC(C)(CC)C23)C(C(C)=O)C1. The number of ether oxygens (including phenoxy) is 1. The van der Waals surface area contributed by atoms with Gasteiger partial charge in [0.05, 0.1) is 5.92 Å². The smallest absolute Gasteiger partial charge is 0.310 e. The Morgan fingerprint density at radius 2 is 1.73 bits per heavy atom. The van der Waals surface area contributed by atoms with Crippen molar-refractivity contribution in [2.75, 3.05) is 0 Å². The summed E-state index contributed by atoms with van der Waals surface area (Å²) < 4.78 is 5.90. The van der Waals surface area contributed by atoms with Gasteiger partial charge in [-0.25, -0.2) is 0 Å². The first-order chi connectivity index (χ1) is 12.3. The van der Waals surface area contributed by atoms with Crippen LogP contribution in [0.3, 0.4) is 0 Å². The van der Waals surface area contributed by atoms with Crippen molar-refractivity contribution in [2.45, 2.75) is 91.6 Å². The number of hydrogen-bond acceptors (Lipinski definition) is 3. The Hall–Kier alpha value is -0.860. The number of carbonyl (C=O) groups excluding carboxylic acids is 2. The molecule has 1 aliphatic heterocycles. The van der Waals surface area contributed by atoms with Gasteiger partial charge in [0.2, 0.25) is 0 Å². The Morgan fingerprint density at radius 3 is 2.31 bits per heavy atom. The van der Waals surface area contributed by atoms with Gasteiger partial charge in [-0.1, -0.05) is 33.6 Å². The fourth-order valence-electron chi connectivity index (χ4n) is 6.70. The summed E-state index contributed by atoms with van der Waals surface area (Å²) in [5.41, 5.74) is -0.280. The van der Waals surface area contributed by atoms with E-state index in [0.29, 0.717) is 29.5 Å². The second kappa shape index (κ2) is 7.64. The molecular formula is C23H38O3. The second-order valence-electron chi connectivity index (χ2n) is 9.60. The van der Waals surface area contributed by atoms with E-state index in [9.17, 15) is 9.59 Å². The molecule has 2 saturated carbocycles. The van der Waals surface area contributed by atoms with Crippen molar-refractivity contribution in [1.29, 1.82) is 0 Å². The highest BCUT2D eigenvalue weighted by Gasteiger charge is 2.60. The lowest BCUT2D eigenvalue weighted by Crippen LogP contribution is -2.35. The van der Waals surface area contributed by atoms with Gasteiger partial charge in [0.25, 0.3) is 0 Å². The molecule has 0 aromatic rings. The van der Waals surface area contributed by atoms with Crippen LogP contribution in [0.25, 0.3) is 0 Å². The first kappa shape index (κ1) is 19.9. The molecule has 3 heteroatoms. The zero-order valence-corrected chi connectivity index (χ0v) is 17.4. The molecule has 3 fully saturated rings. The highest BCUT2D eigenvalue weighted by Crippen LogP contribution is 2.57. The largest absolute Gasteiger partial charge is 0.459 e. The van der Waals surface area contributed by atoms with Gasteiger partial charge in [-0.2, -0.15) is 0 Å². The topological polar surface area (TPSA) is 43.4 Å². The maximum absolute atomic E-state index is 12.6. The van der Waals surface area contributed by atoms with Crippen LogP contribution in [-0.4, -0.2) is 17.4 Å². The number of fused-ring (bicyclic) bond motifs is 1. The molecular weight excluding hydrogens is 324 g/mol. The van der Waals surface area contributed by atoms with Crippen LogP contribution in [0.1, 0.15) is 86.0 Å². The lowest BCUT2D eigenvalue weighted by atomic mass is 9.74. The van der Waals surface area contributed by atoms with E-state index in [4.69, 9.17) is 4.74 Å². The summed E-state index contributed by atoms with van der Waals surface area (Å²) in [7, 11) is 0. The van der Waals surface area contributed by atoms with Crippen LogP contribution in [0.15, 0.2) is 0 Å². The molecule has 1 saturated heterocycles. The molecule has 3 rings (SSSR count). The number of cyclic esters (lactones) is 1. The zero-order valence-electron chi connectivity index (χ0n) is 17.4. The summed E-state index contributed by atoms with van der Waals surface area (Å²) in [6, 6.07) is 0. The van der Waals surface area contributed by atoms with E-state index in [1.54, 1.807) is 6.92 Å². The van der Waals surface area contributed by atoms with Crippen LogP contribution in [0, 0.1) is 41.4 Å². The lowest BCUT2D eigenvalue weighted by Gasteiger charge is -2.32. The summed E-state index contributed by atoms with van der Waals surface area (Å²) in [4.78, 5) is 24.7. The highest BCUT2D eigenvalue weighted by atomic mass is 16.6. The Balaban J connectivity index is 1.71. The van der Waals surface area contributed by atoms with Crippen molar-refractivity contribution in [1.82, 2.24) is 0 Å². The van der Waals surface area contributed by atoms with Gasteiger partial charge < -0.3 is 4.74 Å². The maximum Gasteiger partial charge on any atom is 0.310 e. The van der Waals surface area contributed by atoms with Crippen molar-refractivity contribution in [2.24, 2.45) is 41.4 Å². The molecule has 1 heterocycles. The minimum atomic E-state index is -0.280. The molecule has 0 amide bonds. The average molecular weight is 363 g/mol. The molecule has 8 unspecified atom stereocenters. The lowest BCUT2D eigenvalue weighted by molar-refractivity contribution is -0.152. The van der Waals surface area contributed by atoms with Crippen molar-refractivity contribution in [3.8, 4) is 0 Å². The summed E-state index contributed by atoms with van der Waals surface area (Å²) in [6.45, 7) is 10.6. The summed E-state index contributed by atoms with van der Waals surface area (Å²) in [6.07, 6.45) is 8.98. The third-order valence-corrected chi connectivity index (χ3v) is 8.35. The highest BCUT2D eigenvalue weighted by molar-refractivity contribution is 5.79. The van der Waals surface area contributed by atoms with Crippen molar-refractivity contribution in [3.05, 3.63) is 0 Å². The van der Waals surface area contributed by atoms with Crippen LogP contribution in [-0.2, 0) is 14.3 Å². The Labute approximate surface area is 159 Å². The van der Waals surface area contributed by atoms with E-state index in [1.165, 1.54) is 19.3 Å². The molecule has 0 aromatic heterocycles. The molecule has 148 valence electrons. The van der Waals surface area contributed by atoms with Gasteiger partial charge in [0.15, 0.2) is 0 Å². The third-order valence-electron chi connectivity index (χ3n) is 8.35. The van der Waals surface area contributed by atoms with Crippen LogP contribution >= 0.6 is 0 Å². The minimum absolute atomic E-state index is 0.0576. The molecule has 0 bridgehead atoms. The average Bonchev–Trinajstić information content (AvgIpc) is 3.27. The number of rotatable bonds is 7.